The molecule has 1 amide bonds. The van der Waals surface area contributed by atoms with Crippen molar-refractivity contribution in [3.05, 3.63) is 89.7 Å². The molecule has 2 aromatic carbocycles. The number of carbonyl (C=O) groups excluding carboxylic acids is 1. The summed E-state index contributed by atoms with van der Waals surface area (Å²) in [6, 6.07) is 21.1. The minimum absolute atomic E-state index is 0.318. The second-order valence-electron chi connectivity index (χ2n) is 6.36. The normalized spacial score (nSPS) is 11.4. The van der Waals surface area contributed by atoms with E-state index in [-0.39, 0.29) is 5.91 Å². The molecule has 5 rings (SSSR count). The van der Waals surface area contributed by atoms with Gasteiger partial charge < -0.3 is 0 Å². The van der Waals surface area contributed by atoms with E-state index in [9.17, 15) is 4.79 Å². The van der Waals surface area contributed by atoms with Gasteiger partial charge in [0.2, 0.25) is 0 Å². The maximum atomic E-state index is 12.5. The number of hydrazone groups is 1. The quantitative estimate of drug-likeness (QED) is 0.361. The summed E-state index contributed by atoms with van der Waals surface area (Å²) in [5.41, 5.74) is 6.27. The molecule has 0 saturated carbocycles. The third-order valence-corrected chi connectivity index (χ3v) is 5.29. The first-order valence-corrected chi connectivity index (χ1v) is 9.88. The Hall–Kier alpha value is -3.84. The molecule has 7 heteroatoms. The molecule has 140 valence electrons. The van der Waals surface area contributed by atoms with Crippen LogP contribution in [0, 0.1) is 0 Å². The Morgan fingerprint density at radius 1 is 1.00 bits per heavy atom. The molecule has 6 nitrogen and oxygen atoms in total. The summed E-state index contributed by atoms with van der Waals surface area (Å²) in [6.45, 7) is 0. The average molecular weight is 397 g/mol. The Morgan fingerprint density at radius 2 is 1.83 bits per heavy atom. The lowest BCUT2D eigenvalue weighted by atomic mass is 10.1. The largest absolute Gasteiger partial charge is 0.289 e. The second kappa shape index (κ2) is 7.29. The van der Waals surface area contributed by atoms with Crippen molar-refractivity contribution in [1.82, 2.24) is 19.8 Å². The maximum absolute atomic E-state index is 12.5. The summed E-state index contributed by atoms with van der Waals surface area (Å²) in [5.74, 6) is -0.362. The number of rotatable bonds is 4. The van der Waals surface area contributed by atoms with E-state index in [0.717, 1.165) is 32.8 Å². The molecular weight excluding hydrogens is 382 g/mol. The smallest absolute Gasteiger partial charge is 0.289 e. The molecule has 0 fully saturated rings. The van der Waals surface area contributed by atoms with Gasteiger partial charge >= 0.3 is 0 Å². The van der Waals surface area contributed by atoms with Gasteiger partial charge in [0.05, 0.1) is 23.1 Å². The molecule has 0 aliphatic carbocycles. The lowest BCUT2D eigenvalue weighted by Crippen LogP contribution is -2.19. The van der Waals surface area contributed by atoms with E-state index in [1.807, 2.05) is 76.6 Å². The number of imidazole rings is 1. The van der Waals surface area contributed by atoms with Crippen LogP contribution in [0.5, 0.6) is 0 Å². The predicted octanol–water partition coefficient (Wildman–Crippen LogP) is 4.37. The summed E-state index contributed by atoms with van der Waals surface area (Å²) in [7, 11) is 0. The van der Waals surface area contributed by atoms with Crippen molar-refractivity contribution < 1.29 is 4.79 Å². The predicted molar refractivity (Wildman–Crippen MR) is 115 cm³/mol. The Kier molecular flexibility index (Phi) is 4.34. The number of benzene rings is 2. The maximum Gasteiger partial charge on any atom is 0.289 e. The van der Waals surface area contributed by atoms with Crippen LogP contribution in [-0.4, -0.2) is 26.5 Å². The van der Waals surface area contributed by atoms with Gasteiger partial charge in [0.1, 0.15) is 5.69 Å². The SMILES string of the molecule is O=C(N/N=C/c1c(-c2ccccc2)nc2sccn12)c1ccc2ccccc2n1. The van der Waals surface area contributed by atoms with Crippen LogP contribution in [0.4, 0.5) is 0 Å². The lowest BCUT2D eigenvalue weighted by molar-refractivity contribution is 0.0950. The Morgan fingerprint density at radius 3 is 2.72 bits per heavy atom. The average Bonchev–Trinajstić information content (AvgIpc) is 3.36. The number of thiazole rings is 1. The van der Waals surface area contributed by atoms with Gasteiger partial charge in [0, 0.05) is 22.5 Å². The van der Waals surface area contributed by atoms with Crippen molar-refractivity contribution in [2.75, 3.05) is 0 Å². The van der Waals surface area contributed by atoms with Gasteiger partial charge in [0.15, 0.2) is 4.96 Å². The minimum Gasteiger partial charge on any atom is -0.289 e. The summed E-state index contributed by atoms with van der Waals surface area (Å²) < 4.78 is 1.96. The van der Waals surface area contributed by atoms with Crippen molar-refractivity contribution in [1.29, 1.82) is 0 Å². The molecule has 0 aliphatic heterocycles. The fourth-order valence-electron chi connectivity index (χ4n) is 3.14. The lowest BCUT2D eigenvalue weighted by Gasteiger charge is -2.02. The number of carbonyl (C=O) groups is 1. The highest BCUT2D eigenvalue weighted by molar-refractivity contribution is 7.15. The van der Waals surface area contributed by atoms with Gasteiger partial charge in [-0.1, -0.05) is 54.6 Å². The van der Waals surface area contributed by atoms with Gasteiger partial charge in [-0.05, 0) is 12.1 Å². The molecular formula is C22H15N5OS. The molecule has 0 aliphatic rings. The van der Waals surface area contributed by atoms with Crippen LogP contribution >= 0.6 is 11.3 Å². The standard InChI is InChI=1S/C22H15N5OS/c28-21(18-11-10-15-6-4-5-9-17(15)24-18)26-23-14-19-20(16-7-2-1-3-8-16)25-22-27(19)12-13-29-22/h1-14H,(H,26,28)/b23-14+. The first-order valence-electron chi connectivity index (χ1n) is 9.00. The second-order valence-corrected chi connectivity index (χ2v) is 7.23. The number of pyridine rings is 1. The number of hydrogen-bond donors (Lipinski definition) is 1. The van der Waals surface area contributed by atoms with E-state index in [1.54, 1.807) is 23.6 Å². The molecule has 5 aromatic rings. The van der Waals surface area contributed by atoms with E-state index < -0.39 is 0 Å². The van der Waals surface area contributed by atoms with Crippen molar-refractivity contribution in [3.8, 4) is 11.3 Å². The molecule has 0 bridgehead atoms. The van der Waals surface area contributed by atoms with Crippen LogP contribution in [0.25, 0.3) is 27.1 Å². The number of nitrogens with one attached hydrogen (secondary N) is 1. The zero-order chi connectivity index (χ0) is 19.6. The highest BCUT2D eigenvalue weighted by Crippen LogP contribution is 2.25. The molecule has 0 spiro atoms. The highest BCUT2D eigenvalue weighted by atomic mass is 32.1. The summed E-state index contributed by atoms with van der Waals surface area (Å²) in [5, 5.41) is 7.11. The van der Waals surface area contributed by atoms with Crippen LogP contribution in [0.2, 0.25) is 0 Å². The van der Waals surface area contributed by atoms with Gasteiger partial charge in [-0.15, -0.1) is 11.3 Å². The van der Waals surface area contributed by atoms with Gasteiger partial charge in [-0.25, -0.2) is 15.4 Å². The van der Waals surface area contributed by atoms with Crippen molar-refractivity contribution in [2.45, 2.75) is 0 Å². The molecule has 0 unspecified atom stereocenters. The molecule has 0 atom stereocenters. The third-order valence-electron chi connectivity index (χ3n) is 4.53. The van der Waals surface area contributed by atoms with Crippen LogP contribution in [0.1, 0.15) is 16.2 Å². The van der Waals surface area contributed by atoms with Gasteiger partial charge in [0.25, 0.3) is 5.91 Å². The topological polar surface area (TPSA) is 71.7 Å². The highest BCUT2D eigenvalue weighted by Gasteiger charge is 2.13. The van der Waals surface area contributed by atoms with Crippen LogP contribution in [-0.2, 0) is 0 Å². The zero-order valence-corrected chi connectivity index (χ0v) is 16.0. The molecule has 3 heterocycles. The molecule has 3 aromatic heterocycles. The van der Waals surface area contributed by atoms with Crippen LogP contribution in [0.15, 0.2) is 83.4 Å². The van der Waals surface area contributed by atoms with Crippen LogP contribution < -0.4 is 5.43 Å². The number of nitrogens with zero attached hydrogens (tertiary/aromatic N) is 4. The van der Waals surface area contributed by atoms with Crippen molar-refractivity contribution >= 4 is 39.3 Å². The summed E-state index contributed by atoms with van der Waals surface area (Å²) in [6.07, 6.45) is 3.56. The fourth-order valence-corrected chi connectivity index (χ4v) is 3.86. The van der Waals surface area contributed by atoms with E-state index in [2.05, 4.69) is 15.5 Å². The Bertz CT molecular complexity index is 1350. The number of hydrogen-bond acceptors (Lipinski definition) is 5. The van der Waals surface area contributed by atoms with Crippen LogP contribution in [0.3, 0.4) is 0 Å². The Balaban J connectivity index is 1.43. The number of aromatic nitrogens is 3. The molecule has 29 heavy (non-hydrogen) atoms. The molecule has 1 N–H and O–H groups in total. The summed E-state index contributed by atoms with van der Waals surface area (Å²) >= 11 is 1.55. The fraction of sp³-hybridized carbons (Fsp3) is 0. The molecule has 0 saturated heterocycles. The number of fused-ring (bicyclic) bond motifs is 2. The van der Waals surface area contributed by atoms with E-state index in [4.69, 9.17) is 4.98 Å². The monoisotopic (exact) mass is 397 g/mol. The molecule has 0 radical (unpaired) electrons. The number of amides is 1. The summed E-state index contributed by atoms with van der Waals surface area (Å²) in [4.78, 5) is 22.4. The van der Waals surface area contributed by atoms with Gasteiger partial charge in [-0.2, -0.15) is 5.10 Å². The number of para-hydroxylation sites is 1. The first kappa shape index (κ1) is 17.3. The van der Waals surface area contributed by atoms with Crippen molar-refractivity contribution in [3.63, 3.8) is 0 Å². The van der Waals surface area contributed by atoms with E-state index >= 15 is 0 Å². The van der Waals surface area contributed by atoms with E-state index in [1.165, 1.54) is 0 Å². The van der Waals surface area contributed by atoms with Gasteiger partial charge in [-0.3, -0.25) is 9.20 Å². The Labute approximate surface area is 170 Å². The first-order chi connectivity index (χ1) is 14.3. The third kappa shape index (κ3) is 3.28. The van der Waals surface area contributed by atoms with E-state index in [0.29, 0.717) is 5.69 Å². The minimum atomic E-state index is -0.362. The zero-order valence-electron chi connectivity index (χ0n) is 15.2. The van der Waals surface area contributed by atoms with Crippen molar-refractivity contribution in [2.24, 2.45) is 5.10 Å².